The number of aromatic nitrogens is 2. The minimum atomic E-state index is -0.632. The van der Waals surface area contributed by atoms with Gasteiger partial charge in [0.1, 0.15) is 5.82 Å². The van der Waals surface area contributed by atoms with Gasteiger partial charge in [-0.2, -0.15) is 0 Å². The summed E-state index contributed by atoms with van der Waals surface area (Å²) in [5.41, 5.74) is 0.962. The number of aliphatic hydroxyl groups excluding tert-OH is 1. The van der Waals surface area contributed by atoms with Gasteiger partial charge in [0.05, 0.1) is 18.2 Å². The molecule has 0 radical (unpaired) electrons. The number of carbonyl (C=O) groups excluding carboxylic acids is 1. The normalized spacial score (nSPS) is 20.4. The van der Waals surface area contributed by atoms with E-state index in [1.165, 1.54) is 12.1 Å². The number of carbonyl (C=O) groups is 1. The molecule has 1 aromatic carbocycles. The molecular formula is C17H17ClFN3O2. The van der Waals surface area contributed by atoms with Gasteiger partial charge in [0.2, 0.25) is 5.91 Å². The lowest BCUT2D eigenvalue weighted by atomic mass is 10.0. The van der Waals surface area contributed by atoms with Crippen molar-refractivity contribution in [3.05, 3.63) is 58.9 Å². The van der Waals surface area contributed by atoms with Gasteiger partial charge in [0.15, 0.2) is 0 Å². The van der Waals surface area contributed by atoms with Crippen molar-refractivity contribution in [2.24, 2.45) is 5.92 Å². The maximum absolute atomic E-state index is 13.8. The molecule has 7 heteroatoms. The van der Waals surface area contributed by atoms with Crippen molar-refractivity contribution >= 4 is 17.5 Å². The van der Waals surface area contributed by atoms with Gasteiger partial charge < -0.3 is 10.0 Å². The summed E-state index contributed by atoms with van der Waals surface area (Å²) < 4.78 is 13.8. The van der Waals surface area contributed by atoms with Gasteiger partial charge in [-0.25, -0.2) is 4.39 Å². The third kappa shape index (κ3) is 3.71. The molecule has 0 bridgehead atoms. The highest BCUT2D eigenvalue weighted by atomic mass is 35.5. The van der Waals surface area contributed by atoms with E-state index in [9.17, 15) is 14.3 Å². The summed E-state index contributed by atoms with van der Waals surface area (Å²) in [6.07, 6.45) is 4.63. The highest BCUT2D eigenvalue weighted by molar-refractivity contribution is 6.31. The van der Waals surface area contributed by atoms with Gasteiger partial charge in [0.25, 0.3) is 0 Å². The maximum atomic E-state index is 13.8. The molecule has 1 aliphatic heterocycles. The molecule has 5 nitrogen and oxygen atoms in total. The minimum Gasteiger partial charge on any atom is -0.391 e. The Morgan fingerprint density at radius 3 is 2.92 bits per heavy atom. The zero-order chi connectivity index (χ0) is 17.1. The number of aliphatic hydroxyl groups is 1. The standard InChI is InChI=1S/C17H17ClFN3O2/c18-14-2-1-3-15(19)13(14)7-17(24)22-9-11(16(23)10-22)6-12-8-20-4-5-21-12/h1-5,8,11,16,23H,6-7,9-10H2/t11-,16-/m1/s1. The summed E-state index contributed by atoms with van der Waals surface area (Å²) in [4.78, 5) is 22.2. The number of β-amino-alcohol motifs (C(OH)–C–C–N with tert-alkyl or cyclic N) is 1. The fourth-order valence-corrected chi connectivity index (χ4v) is 3.16. The third-order valence-corrected chi connectivity index (χ3v) is 4.59. The van der Waals surface area contributed by atoms with Crippen molar-refractivity contribution in [1.82, 2.24) is 14.9 Å². The molecule has 2 atom stereocenters. The summed E-state index contributed by atoms with van der Waals surface area (Å²) in [5, 5.41) is 10.4. The molecular weight excluding hydrogens is 333 g/mol. The van der Waals surface area contributed by atoms with Gasteiger partial charge in [-0.1, -0.05) is 17.7 Å². The zero-order valence-corrected chi connectivity index (χ0v) is 13.7. The van der Waals surface area contributed by atoms with Crippen molar-refractivity contribution in [3.8, 4) is 0 Å². The van der Waals surface area contributed by atoms with E-state index in [1.807, 2.05) is 0 Å². The van der Waals surface area contributed by atoms with Crippen LogP contribution in [0.1, 0.15) is 11.3 Å². The number of halogens is 2. The predicted molar refractivity (Wildman–Crippen MR) is 86.9 cm³/mol. The van der Waals surface area contributed by atoms with Gasteiger partial charge in [-0.05, 0) is 18.6 Å². The molecule has 0 saturated carbocycles. The molecule has 1 saturated heterocycles. The van der Waals surface area contributed by atoms with Gasteiger partial charge in [0, 0.05) is 48.2 Å². The molecule has 0 spiro atoms. The largest absolute Gasteiger partial charge is 0.391 e. The number of hydrogen-bond donors (Lipinski definition) is 1. The molecule has 2 aromatic rings. The van der Waals surface area contributed by atoms with Crippen molar-refractivity contribution in [2.75, 3.05) is 13.1 Å². The monoisotopic (exact) mass is 349 g/mol. The average molecular weight is 350 g/mol. The number of likely N-dealkylation sites (tertiary alicyclic amines) is 1. The zero-order valence-electron chi connectivity index (χ0n) is 12.9. The van der Waals surface area contributed by atoms with E-state index in [-0.39, 0.29) is 35.4 Å². The summed E-state index contributed by atoms with van der Waals surface area (Å²) in [5.74, 6) is -0.851. The van der Waals surface area contributed by atoms with Crippen LogP contribution in [-0.4, -0.2) is 45.1 Å². The third-order valence-electron chi connectivity index (χ3n) is 4.24. The molecule has 1 amide bonds. The molecule has 1 aromatic heterocycles. The lowest BCUT2D eigenvalue weighted by molar-refractivity contribution is -0.129. The molecule has 0 unspecified atom stereocenters. The fourth-order valence-electron chi connectivity index (χ4n) is 2.93. The van der Waals surface area contributed by atoms with E-state index in [1.54, 1.807) is 29.6 Å². The van der Waals surface area contributed by atoms with Crippen LogP contribution in [-0.2, 0) is 17.6 Å². The number of hydrogen-bond acceptors (Lipinski definition) is 4. The van der Waals surface area contributed by atoms with E-state index in [0.717, 1.165) is 5.69 Å². The summed E-state index contributed by atoms with van der Waals surface area (Å²) in [7, 11) is 0. The second-order valence-electron chi connectivity index (χ2n) is 5.90. The van der Waals surface area contributed by atoms with E-state index in [0.29, 0.717) is 13.0 Å². The van der Waals surface area contributed by atoms with E-state index >= 15 is 0 Å². The molecule has 1 fully saturated rings. The Labute approximate surface area is 144 Å². The quantitative estimate of drug-likeness (QED) is 0.915. The van der Waals surface area contributed by atoms with Crippen molar-refractivity contribution in [2.45, 2.75) is 18.9 Å². The Kier molecular flexibility index (Phi) is 5.06. The van der Waals surface area contributed by atoms with Gasteiger partial charge in [-0.15, -0.1) is 0 Å². The SMILES string of the molecule is O=C(Cc1c(F)cccc1Cl)N1C[C@@H](Cc2cnccn2)[C@H](O)C1. The minimum absolute atomic E-state index is 0.109. The van der Waals surface area contributed by atoms with E-state index in [4.69, 9.17) is 11.6 Å². The van der Waals surface area contributed by atoms with E-state index in [2.05, 4.69) is 9.97 Å². The molecule has 24 heavy (non-hydrogen) atoms. The number of nitrogens with zero attached hydrogens (tertiary/aromatic N) is 3. The van der Waals surface area contributed by atoms with Crippen LogP contribution in [0.5, 0.6) is 0 Å². The van der Waals surface area contributed by atoms with Crippen molar-refractivity contribution in [1.29, 1.82) is 0 Å². The Bertz CT molecular complexity index is 709. The predicted octanol–water partition coefficient (Wildman–Crippen LogP) is 1.87. The second kappa shape index (κ2) is 7.23. The first-order valence-corrected chi connectivity index (χ1v) is 8.06. The average Bonchev–Trinajstić information content (AvgIpc) is 2.93. The number of benzene rings is 1. The Balaban J connectivity index is 1.65. The molecule has 0 aliphatic carbocycles. The van der Waals surface area contributed by atoms with Crippen molar-refractivity contribution < 1.29 is 14.3 Å². The highest BCUT2D eigenvalue weighted by Crippen LogP contribution is 2.24. The first-order valence-electron chi connectivity index (χ1n) is 7.68. The van der Waals surface area contributed by atoms with Crippen LogP contribution in [0.3, 0.4) is 0 Å². The Morgan fingerprint density at radius 1 is 1.38 bits per heavy atom. The lowest BCUT2D eigenvalue weighted by Crippen LogP contribution is -2.31. The summed E-state index contributed by atoms with van der Waals surface area (Å²) in [6.45, 7) is 0.637. The smallest absolute Gasteiger partial charge is 0.227 e. The van der Waals surface area contributed by atoms with Crippen LogP contribution in [0, 0.1) is 11.7 Å². The van der Waals surface area contributed by atoms with Crippen LogP contribution in [0.2, 0.25) is 5.02 Å². The molecule has 126 valence electrons. The number of rotatable bonds is 4. The summed E-state index contributed by atoms with van der Waals surface area (Å²) in [6, 6.07) is 4.34. The molecule has 1 aliphatic rings. The first kappa shape index (κ1) is 16.8. The van der Waals surface area contributed by atoms with Gasteiger partial charge >= 0.3 is 0 Å². The molecule has 2 heterocycles. The topological polar surface area (TPSA) is 66.3 Å². The van der Waals surface area contributed by atoms with Crippen LogP contribution < -0.4 is 0 Å². The fraction of sp³-hybridized carbons (Fsp3) is 0.353. The highest BCUT2D eigenvalue weighted by Gasteiger charge is 2.34. The number of amides is 1. The lowest BCUT2D eigenvalue weighted by Gasteiger charge is -2.17. The van der Waals surface area contributed by atoms with Crippen LogP contribution in [0.4, 0.5) is 4.39 Å². The Morgan fingerprint density at radius 2 is 2.21 bits per heavy atom. The van der Waals surface area contributed by atoms with Crippen LogP contribution in [0.25, 0.3) is 0 Å². The van der Waals surface area contributed by atoms with Crippen LogP contribution in [0.15, 0.2) is 36.8 Å². The second-order valence-corrected chi connectivity index (χ2v) is 6.31. The van der Waals surface area contributed by atoms with E-state index < -0.39 is 11.9 Å². The molecule has 1 N–H and O–H groups in total. The summed E-state index contributed by atoms with van der Waals surface area (Å²) >= 11 is 5.97. The van der Waals surface area contributed by atoms with Crippen LogP contribution >= 0.6 is 11.6 Å². The maximum Gasteiger partial charge on any atom is 0.227 e. The van der Waals surface area contributed by atoms with Crippen molar-refractivity contribution in [3.63, 3.8) is 0 Å². The van der Waals surface area contributed by atoms with Gasteiger partial charge in [-0.3, -0.25) is 14.8 Å². The molecule has 3 rings (SSSR count). The first-order chi connectivity index (χ1) is 11.5. The Hall–Kier alpha value is -2.05.